The summed E-state index contributed by atoms with van der Waals surface area (Å²) in [4.78, 5) is 58.4. The second kappa shape index (κ2) is 12.9. The Kier molecular flexibility index (Phi) is 9.27. The van der Waals surface area contributed by atoms with E-state index in [0.717, 1.165) is 22.2 Å². The van der Waals surface area contributed by atoms with Gasteiger partial charge in [-0.2, -0.15) is 9.36 Å². The summed E-state index contributed by atoms with van der Waals surface area (Å²) in [7, 11) is 0. The van der Waals surface area contributed by atoms with E-state index in [2.05, 4.69) is 50.1 Å². The van der Waals surface area contributed by atoms with Gasteiger partial charge in [0.15, 0.2) is 11.3 Å². The molecule has 8 rings (SSSR count). The lowest BCUT2D eigenvalue weighted by Crippen LogP contribution is -2.16. The Morgan fingerprint density at radius 1 is 0.556 bits per heavy atom. The standard InChI is InChI=1S/2C14H10N6O.2ClH.H2O/c2*1-8-3-4-9-11-10(7-17-12(9)18-8)13(21)20(19-11)14-15-5-2-6-16-14;;;/h2*2-7,19H,1H3;2*1H;1H2. The first-order valence-corrected chi connectivity index (χ1v) is 12.8. The van der Waals surface area contributed by atoms with Gasteiger partial charge in [-0.1, -0.05) is 0 Å². The summed E-state index contributed by atoms with van der Waals surface area (Å²) < 4.78 is 2.62. The van der Waals surface area contributed by atoms with Gasteiger partial charge in [0.2, 0.25) is 0 Å². The fourth-order valence-corrected chi connectivity index (χ4v) is 4.57. The van der Waals surface area contributed by atoms with Crippen LogP contribution in [0.5, 0.6) is 0 Å². The highest BCUT2D eigenvalue weighted by atomic mass is 35.5. The van der Waals surface area contributed by atoms with Crippen LogP contribution in [0.1, 0.15) is 11.4 Å². The number of nitrogens with one attached hydrogen (secondary N) is 2. The molecule has 0 radical (unpaired) electrons. The van der Waals surface area contributed by atoms with E-state index in [0.29, 0.717) is 45.0 Å². The topological polar surface area (TPSA) is 210 Å². The van der Waals surface area contributed by atoms with Crippen molar-refractivity contribution < 1.29 is 5.48 Å². The number of aromatic amines is 2. The molecule has 15 nitrogen and oxygen atoms in total. The third kappa shape index (κ3) is 5.70. The van der Waals surface area contributed by atoms with Crippen LogP contribution in [0.15, 0.2) is 83.2 Å². The molecular weight excluding hydrogens is 623 g/mol. The lowest BCUT2D eigenvalue weighted by Gasteiger charge is -1.99. The van der Waals surface area contributed by atoms with Gasteiger partial charge in [-0.3, -0.25) is 19.8 Å². The normalized spacial score (nSPS) is 10.5. The van der Waals surface area contributed by atoms with Crippen molar-refractivity contribution in [3.63, 3.8) is 0 Å². The van der Waals surface area contributed by atoms with Crippen molar-refractivity contribution in [2.75, 3.05) is 0 Å². The smallest absolute Gasteiger partial charge is 0.283 e. The van der Waals surface area contributed by atoms with Crippen molar-refractivity contribution in [2.45, 2.75) is 13.8 Å². The largest absolute Gasteiger partial charge is 0.412 e. The number of halogens is 2. The first kappa shape index (κ1) is 32.3. The third-order valence-electron chi connectivity index (χ3n) is 6.56. The molecule has 8 heterocycles. The van der Waals surface area contributed by atoms with Gasteiger partial charge < -0.3 is 5.48 Å². The molecule has 4 N–H and O–H groups in total. The van der Waals surface area contributed by atoms with Gasteiger partial charge in [0.25, 0.3) is 23.0 Å². The number of hydrogen-bond acceptors (Lipinski definition) is 10. The summed E-state index contributed by atoms with van der Waals surface area (Å²) >= 11 is 0. The molecule has 0 bridgehead atoms. The van der Waals surface area contributed by atoms with Crippen LogP contribution in [0.2, 0.25) is 0 Å². The van der Waals surface area contributed by atoms with Crippen molar-refractivity contribution in [1.82, 2.24) is 59.4 Å². The summed E-state index contributed by atoms with van der Waals surface area (Å²) in [6.45, 7) is 3.80. The minimum Gasteiger partial charge on any atom is -0.412 e. The van der Waals surface area contributed by atoms with Crippen LogP contribution < -0.4 is 11.1 Å². The minimum atomic E-state index is -0.230. The Bertz CT molecular complexity index is 2220. The van der Waals surface area contributed by atoms with Gasteiger partial charge in [0, 0.05) is 59.3 Å². The number of H-pyrrole nitrogens is 2. The highest BCUT2D eigenvalue weighted by Crippen LogP contribution is 2.20. The maximum Gasteiger partial charge on any atom is 0.283 e. The number of aromatic nitrogens is 12. The maximum absolute atomic E-state index is 12.4. The van der Waals surface area contributed by atoms with Crippen LogP contribution in [0.3, 0.4) is 0 Å². The summed E-state index contributed by atoms with van der Waals surface area (Å²) in [5, 5.41) is 8.65. The van der Waals surface area contributed by atoms with Gasteiger partial charge >= 0.3 is 0 Å². The van der Waals surface area contributed by atoms with Crippen LogP contribution in [0, 0.1) is 13.8 Å². The van der Waals surface area contributed by atoms with Crippen molar-refractivity contribution in [3.05, 3.63) is 106 Å². The van der Waals surface area contributed by atoms with E-state index in [1.54, 1.807) is 36.9 Å². The molecule has 0 spiro atoms. The van der Waals surface area contributed by atoms with E-state index in [4.69, 9.17) is 0 Å². The third-order valence-corrected chi connectivity index (χ3v) is 6.56. The predicted molar refractivity (Wildman–Crippen MR) is 173 cm³/mol. The molecule has 8 aromatic rings. The quantitative estimate of drug-likeness (QED) is 0.280. The molecule has 0 amide bonds. The predicted octanol–water partition coefficient (Wildman–Crippen LogP) is 2.74. The molecule has 0 saturated heterocycles. The second-order valence-electron chi connectivity index (χ2n) is 9.34. The first-order valence-electron chi connectivity index (χ1n) is 12.8. The molecule has 0 aliphatic heterocycles. The van der Waals surface area contributed by atoms with Gasteiger partial charge in [-0.25, -0.2) is 39.9 Å². The van der Waals surface area contributed by atoms with E-state index in [9.17, 15) is 9.59 Å². The SMILES string of the molecule is Cc1ccc2c(ncc3c(=O)n(-c4ncccn4)[nH]c32)n1.Cc1ccc2c(ncc3c(=O)n(-c4ncccn4)[nH]c32)n1.Cl.Cl.O. The van der Waals surface area contributed by atoms with E-state index in [1.165, 1.54) is 21.8 Å². The Balaban J connectivity index is 0.000000192. The monoisotopic (exact) mass is 646 g/mol. The van der Waals surface area contributed by atoms with Crippen LogP contribution in [-0.2, 0) is 0 Å². The average molecular weight is 647 g/mol. The zero-order valence-electron chi connectivity index (χ0n) is 23.5. The van der Waals surface area contributed by atoms with Crippen molar-refractivity contribution in [2.24, 2.45) is 0 Å². The van der Waals surface area contributed by atoms with Crippen LogP contribution in [0.25, 0.3) is 55.8 Å². The van der Waals surface area contributed by atoms with E-state index < -0.39 is 0 Å². The van der Waals surface area contributed by atoms with Crippen molar-refractivity contribution >= 4 is 68.7 Å². The molecule has 0 fully saturated rings. The van der Waals surface area contributed by atoms with Gasteiger partial charge in [-0.15, -0.1) is 24.8 Å². The van der Waals surface area contributed by atoms with Crippen LogP contribution >= 0.6 is 24.8 Å². The molecule has 8 aromatic heterocycles. The molecule has 0 saturated carbocycles. The van der Waals surface area contributed by atoms with Gasteiger partial charge in [0.05, 0.1) is 21.8 Å². The highest BCUT2D eigenvalue weighted by molar-refractivity contribution is 6.02. The summed E-state index contributed by atoms with van der Waals surface area (Å²) in [6, 6.07) is 11.0. The van der Waals surface area contributed by atoms with Crippen molar-refractivity contribution in [3.8, 4) is 11.9 Å². The zero-order valence-corrected chi connectivity index (χ0v) is 25.2. The molecule has 17 heteroatoms. The molecule has 0 unspecified atom stereocenters. The lowest BCUT2D eigenvalue weighted by atomic mass is 10.2. The molecular formula is C28H24Cl2N12O3. The molecule has 0 aliphatic carbocycles. The number of nitrogens with zero attached hydrogens (tertiary/aromatic N) is 10. The highest BCUT2D eigenvalue weighted by Gasteiger charge is 2.15. The summed E-state index contributed by atoms with van der Waals surface area (Å²) in [5.41, 5.74) is 3.87. The van der Waals surface area contributed by atoms with Crippen LogP contribution in [-0.4, -0.2) is 64.9 Å². The van der Waals surface area contributed by atoms with Gasteiger partial charge in [-0.05, 0) is 50.2 Å². The van der Waals surface area contributed by atoms with Crippen LogP contribution in [0.4, 0.5) is 0 Å². The zero-order chi connectivity index (χ0) is 28.8. The minimum absolute atomic E-state index is 0. The second-order valence-corrected chi connectivity index (χ2v) is 9.34. The fourth-order valence-electron chi connectivity index (χ4n) is 4.57. The number of fused-ring (bicyclic) bond motifs is 6. The lowest BCUT2D eigenvalue weighted by molar-refractivity contribution is 0.794. The maximum atomic E-state index is 12.4. The van der Waals surface area contributed by atoms with Crippen molar-refractivity contribution in [1.29, 1.82) is 0 Å². The Morgan fingerprint density at radius 3 is 1.31 bits per heavy atom. The Labute approximate surface area is 264 Å². The molecule has 0 aliphatic rings. The van der Waals surface area contributed by atoms with E-state index in [1.807, 2.05) is 38.1 Å². The number of pyridine rings is 4. The van der Waals surface area contributed by atoms with E-state index >= 15 is 0 Å². The molecule has 228 valence electrons. The number of rotatable bonds is 2. The molecule has 0 atom stereocenters. The van der Waals surface area contributed by atoms with Gasteiger partial charge in [0.1, 0.15) is 0 Å². The number of hydrogen-bond donors (Lipinski definition) is 2. The first-order chi connectivity index (χ1) is 20.5. The fraction of sp³-hybridized carbons (Fsp3) is 0.0714. The molecule has 0 aromatic carbocycles. The summed E-state index contributed by atoms with van der Waals surface area (Å²) in [6.07, 6.45) is 9.40. The summed E-state index contributed by atoms with van der Waals surface area (Å²) in [5.74, 6) is 0.596. The Morgan fingerprint density at radius 2 is 0.933 bits per heavy atom. The van der Waals surface area contributed by atoms with E-state index in [-0.39, 0.29) is 41.4 Å². The number of aryl methyl sites for hydroxylation is 2. The Hall–Kier alpha value is -5.64. The average Bonchev–Trinajstić information content (AvgIpc) is 3.54. The molecule has 45 heavy (non-hydrogen) atoms.